The topological polar surface area (TPSA) is 42.7 Å². The van der Waals surface area contributed by atoms with E-state index in [4.69, 9.17) is 9.15 Å². The Morgan fingerprint density at radius 3 is 2.74 bits per heavy atom. The van der Waals surface area contributed by atoms with Crippen LogP contribution in [0.4, 0.5) is 10.7 Å². The number of cyclic esters (lactones) is 1. The number of benzene rings is 2. The molecule has 0 spiro atoms. The Morgan fingerprint density at radius 1 is 1.13 bits per heavy atom. The summed E-state index contributed by atoms with van der Waals surface area (Å²) >= 11 is 0. The van der Waals surface area contributed by atoms with Gasteiger partial charge in [-0.3, -0.25) is 0 Å². The van der Waals surface area contributed by atoms with E-state index in [0.29, 0.717) is 12.5 Å². The molecule has 2 aromatic carbocycles. The Bertz CT molecular complexity index is 853. The Balaban J connectivity index is 1.69. The van der Waals surface area contributed by atoms with Gasteiger partial charge < -0.3 is 9.15 Å². The lowest BCUT2D eigenvalue weighted by atomic mass is 10.1. The molecule has 0 N–H and O–H groups in total. The number of carbonyl (C=O) groups excluding carboxylic acids is 1. The molecule has 0 bridgehead atoms. The summed E-state index contributed by atoms with van der Waals surface area (Å²) in [5.74, 6) is 0.553. The molecule has 1 aliphatic heterocycles. The third-order valence-electron chi connectivity index (χ3n) is 4.28. The average Bonchev–Trinajstić information content (AvgIpc) is 3.13. The number of furan rings is 1. The molecule has 4 nitrogen and oxygen atoms in total. The Labute approximate surface area is 134 Å². The van der Waals surface area contributed by atoms with E-state index in [1.54, 1.807) is 4.90 Å². The zero-order valence-electron chi connectivity index (χ0n) is 12.9. The van der Waals surface area contributed by atoms with Gasteiger partial charge in [0.05, 0.1) is 6.04 Å². The van der Waals surface area contributed by atoms with Gasteiger partial charge in [0.1, 0.15) is 12.2 Å². The van der Waals surface area contributed by atoms with E-state index in [0.717, 1.165) is 23.0 Å². The van der Waals surface area contributed by atoms with Gasteiger partial charge in [0, 0.05) is 11.5 Å². The minimum absolute atomic E-state index is 0.0502. The Hall–Kier alpha value is -2.75. The first kappa shape index (κ1) is 13.9. The van der Waals surface area contributed by atoms with Gasteiger partial charge in [-0.05, 0) is 30.5 Å². The van der Waals surface area contributed by atoms with Crippen LogP contribution in [0.25, 0.3) is 11.0 Å². The van der Waals surface area contributed by atoms with Crippen LogP contribution in [0, 0.1) is 6.92 Å². The van der Waals surface area contributed by atoms with Crippen LogP contribution in [-0.2, 0) is 11.2 Å². The van der Waals surface area contributed by atoms with E-state index in [1.807, 2.05) is 49.4 Å². The molecule has 0 unspecified atom stereocenters. The minimum Gasteiger partial charge on any atom is -0.447 e. The highest BCUT2D eigenvalue weighted by atomic mass is 16.6. The van der Waals surface area contributed by atoms with Gasteiger partial charge in [0.25, 0.3) is 0 Å². The number of aryl methyl sites for hydroxylation is 1. The summed E-state index contributed by atoms with van der Waals surface area (Å²) in [6, 6.07) is 17.9. The SMILES string of the molecule is Cc1cccc2oc(N3C(=O)OC[C@H]3Cc3ccccc3)cc12. The first-order chi connectivity index (χ1) is 11.2. The number of hydrogen-bond donors (Lipinski definition) is 0. The number of amides is 1. The molecule has 3 aromatic rings. The van der Waals surface area contributed by atoms with Crippen molar-refractivity contribution in [1.82, 2.24) is 0 Å². The summed E-state index contributed by atoms with van der Waals surface area (Å²) in [5, 5.41) is 1.03. The van der Waals surface area contributed by atoms with Crippen LogP contribution in [0.1, 0.15) is 11.1 Å². The maximum absolute atomic E-state index is 12.2. The Kier molecular flexibility index (Phi) is 3.30. The number of hydrogen-bond acceptors (Lipinski definition) is 3. The minimum atomic E-state index is -0.345. The van der Waals surface area contributed by atoms with E-state index in [-0.39, 0.29) is 12.1 Å². The van der Waals surface area contributed by atoms with Gasteiger partial charge in [-0.2, -0.15) is 0 Å². The monoisotopic (exact) mass is 307 g/mol. The van der Waals surface area contributed by atoms with Crippen LogP contribution in [0.5, 0.6) is 0 Å². The summed E-state index contributed by atoms with van der Waals surface area (Å²) in [5.41, 5.74) is 3.09. The zero-order valence-corrected chi connectivity index (χ0v) is 12.9. The van der Waals surface area contributed by atoms with Crippen molar-refractivity contribution in [3.05, 3.63) is 65.7 Å². The normalized spacial score (nSPS) is 17.7. The number of nitrogens with zero attached hydrogens (tertiary/aromatic N) is 1. The molecule has 0 aliphatic carbocycles. The van der Waals surface area contributed by atoms with Crippen molar-refractivity contribution in [2.24, 2.45) is 0 Å². The third kappa shape index (κ3) is 2.46. The molecule has 23 heavy (non-hydrogen) atoms. The molecule has 1 fully saturated rings. The van der Waals surface area contributed by atoms with Gasteiger partial charge in [0.15, 0.2) is 0 Å². The van der Waals surface area contributed by atoms with E-state index in [9.17, 15) is 4.79 Å². The van der Waals surface area contributed by atoms with Gasteiger partial charge >= 0.3 is 6.09 Å². The number of anilines is 1. The predicted molar refractivity (Wildman–Crippen MR) is 88.7 cm³/mol. The Morgan fingerprint density at radius 2 is 1.96 bits per heavy atom. The lowest BCUT2D eigenvalue weighted by molar-refractivity contribution is 0.178. The van der Waals surface area contributed by atoms with Crippen LogP contribution in [0.15, 0.2) is 59.0 Å². The van der Waals surface area contributed by atoms with Crippen molar-refractivity contribution < 1.29 is 13.9 Å². The quantitative estimate of drug-likeness (QED) is 0.724. The number of carbonyl (C=O) groups is 1. The highest BCUT2D eigenvalue weighted by molar-refractivity contribution is 5.93. The standard InChI is InChI=1S/C19H17NO3/c1-13-6-5-9-17-16(13)11-18(23-17)20-15(12-22-19(20)21)10-14-7-3-2-4-8-14/h2-9,11,15H,10,12H2,1H3/t15-/m1/s1. The van der Waals surface area contributed by atoms with E-state index >= 15 is 0 Å². The van der Waals surface area contributed by atoms with Crippen LogP contribution in [0.2, 0.25) is 0 Å². The maximum atomic E-state index is 12.2. The van der Waals surface area contributed by atoms with E-state index in [1.165, 1.54) is 5.56 Å². The van der Waals surface area contributed by atoms with Crippen molar-refractivity contribution in [3.8, 4) is 0 Å². The van der Waals surface area contributed by atoms with Gasteiger partial charge in [-0.1, -0.05) is 42.5 Å². The van der Waals surface area contributed by atoms with Gasteiger partial charge in [-0.25, -0.2) is 9.69 Å². The number of fused-ring (bicyclic) bond motifs is 1. The molecule has 4 rings (SSSR count). The number of rotatable bonds is 3. The molecule has 1 atom stereocenters. The smallest absolute Gasteiger partial charge is 0.417 e. The van der Waals surface area contributed by atoms with E-state index < -0.39 is 0 Å². The molecular formula is C19H17NO3. The molecule has 1 saturated heterocycles. The summed E-state index contributed by atoms with van der Waals surface area (Å²) < 4.78 is 11.2. The van der Waals surface area contributed by atoms with Crippen molar-refractivity contribution in [1.29, 1.82) is 0 Å². The second kappa shape index (κ2) is 5.47. The fraction of sp³-hybridized carbons (Fsp3) is 0.211. The fourth-order valence-electron chi connectivity index (χ4n) is 3.08. The maximum Gasteiger partial charge on any atom is 0.417 e. The van der Waals surface area contributed by atoms with Crippen molar-refractivity contribution in [3.63, 3.8) is 0 Å². The largest absolute Gasteiger partial charge is 0.447 e. The van der Waals surface area contributed by atoms with Crippen LogP contribution < -0.4 is 4.90 Å². The highest BCUT2D eigenvalue weighted by Gasteiger charge is 2.36. The van der Waals surface area contributed by atoms with Crippen LogP contribution in [-0.4, -0.2) is 18.7 Å². The first-order valence-corrected chi connectivity index (χ1v) is 7.71. The lowest BCUT2D eigenvalue weighted by Crippen LogP contribution is -2.34. The molecular weight excluding hydrogens is 290 g/mol. The summed E-state index contributed by atoms with van der Waals surface area (Å²) in [6.45, 7) is 2.41. The van der Waals surface area contributed by atoms with Crippen molar-refractivity contribution in [2.75, 3.05) is 11.5 Å². The second-order valence-electron chi connectivity index (χ2n) is 5.86. The molecule has 4 heteroatoms. The molecule has 1 aliphatic rings. The zero-order chi connectivity index (χ0) is 15.8. The third-order valence-corrected chi connectivity index (χ3v) is 4.28. The molecule has 1 amide bonds. The first-order valence-electron chi connectivity index (χ1n) is 7.71. The summed E-state index contributed by atoms with van der Waals surface area (Å²) in [4.78, 5) is 13.8. The summed E-state index contributed by atoms with van der Waals surface area (Å²) in [6.07, 6.45) is 0.394. The van der Waals surface area contributed by atoms with Crippen LogP contribution in [0.3, 0.4) is 0 Å². The lowest BCUT2D eigenvalue weighted by Gasteiger charge is -2.18. The average molecular weight is 307 g/mol. The summed E-state index contributed by atoms with van der Waals surface area (Å²) in [7, 11) is 0. The molecule has 2 heterocycles. The molecule has 116 valence electrons. The van der Waals surface area contributed by atoms with Crippen molar-refractivity contribution in [2.45, 2.75) is 19.4 Å². The van der Waals surface area contributed by atoms with Crippen LogP contribution >= 0.6 is 0 Å². The van der Waals surface area contributed by atoms with Gasteiger partial charge in [0.2, 0.25) is 5.88 Å². The van der Waals surface area contributed by atoms with E-state index in [2.05, 4.69) is 12.1 Å². The van der Waals surface area contributed by atoms with Gasteiger partial charge in [-0.15, -0.1) is 0 Å². The highest BCUT2D eigenvalue weighted by Crippen LogP contribution is 2.32. The molecule has 0 radical (unpaired) electrons. The fourth-order valence-corrected chi connectivity index (χ4v) is 3.08. The second-order valence-corrected chi connectivity index (χ2v) is 5.86. The predicted octanol–water partition coefficient (Wildman–Crippen LogP) is 4.31. The van der Waals surface area contributed by atoms with Crippen molar-refractivity contribution >= 4 is 22.9 Å². The number of ether oxygens (including phenoxy) is 1. The molecule has 0 saturated carbocycles. The molecule has 1 aromatic heterocycles.